The maximum atomic E-state index is 5.92. The van der Waals surface area contributed by atoms with Gasteiger partial charge in [0.05, 0.1) is 53.9 Å². The third kappa shape index (κ3) is 5.03. The van der Waals surface area contributed by atoms with E-state index in [1.54, 1.807) is 14.2 Å². The Morgan fingerprint density at radius 3 is 1.38 bits per heavy atom. The molecule has 2 aliphatic heterocycles. The first-order chi connectivity index (χ1) is 16.6. The number of hydrogen-bond acceptors (Lipinski definition) is 8. The summed E-state index contributed by atoms with van der Waals surface area (Å²) in [6.07, 6.45) is -0.905. The minimum absolute atomic E-state index is 0.452. The number of benzene rings is 2. The third-order valence-corrected chi connectivity index (χ3v) is 8.31. The highest BCUT2D eigenvalue weighted by Gasteiger charge is 2.32. The van der Waals surface area contributed by atoms with Gasteiger partial charge in [0.15, 0.2) is 35.6 Å². The summed E-state index contributed by atoms with van der Waals surface area (Å²) in [5.41, 5.74) is 1.89. The van der Waals surface area contributed by atoms with Gasteiger partial charge in [-0.2, -0.15) is 0 Å². The zero-order valence-corrected chi connectivity index (χ0v) is 21.5. The van der Waals surface area contributed by atoms with E-state index in [0.717, 1.165) is 21.5 Å². The average Bonchev–Trinajstić information content (AvgIpc) is 3.58. The lowest BCUT2D eigenvalue weighted by Crippen LogP contribution is -2.44. The fourth-order valence-corrected chi connectivity index (χ4v) is 6.50. The van der Waals surface area contributed by atoms with Crippen LogP contribution in [-0.4, -0.2) is 62.7 Å². The molecule has 0 aromatic heterocycles. The van der Waals surface area contributed by atoms with Crippen LogP contribution in [0.1, 0.15) is 37.6 Å². The predicted molar refractivity (Wildman–Crippen MR) is 129 cm³/mol. The molecule has 34 heavy (non-hydrogen) atoms. The summed E-state index contributed by atoms with van der Waals surface area (Å²) < 4.78 is 46.7. The average molecular weight is 490 g/mol. The molecule has 0 atom stereocenters. The summed E-state index contributed by atoms with van der Waals surface area (Å²) in [5, 5.41) is 2.21. The van der Waals surface area contributed by atoms with Crippen molar-refractivity contribution in [3.63, 3.8) is 0 Å². The summed E-state index contributed by atoms with van der Waals surface area (Å²) in [6.45, 7) is 9.42. The van der Waals surface area contributed by atoms with Crippen molar-refractivity contribution in [3.8, 4) is 23.0 Å². The second kappa shape index (κ2) is 11.4. The Morgan fingerprint density at radius 1 is 0.676 bits per heavy atom. The van der Waals surface area contributed by atoms with E-state index in [-0.39, 0.29) is 0 Å². The molecule has 1 radical (unpaired) electrons. The molecule has 2 fully saturated rings. The van der Waals surface area contributed by atoms with Crippen LogP contribution in [0.4, 0.5) is 0 Å². The van der Waals surface area contributed by atoms with Crippen LogP contribution in [0.5, 0.6) is 23.0 Å². The lowest BCUT2D eigenvalue weighted by atomic mass is 10.1. The summed E-state index contributed by atoms with van der Waals surface area (Å²) >= 11 is 0. The Labute approximate surface area is 202 Å². The highest BCUT2D eigenvalue weighted by molar-refractivity contribution is 6.85. The fourth-order valence-electron chi connectivity index (χ4n) is 4.27. The van der Waals surface area contributed by atoms with Crippen molar-refractivity contribution < 1.29 is 37.9 Å². The summed E-state index contributed by atoms with van der Waals surface area (Å²) in [6, 6.07) is 8.06. The van der Waals surface area contributed by atoms with Crippen LogP contribution in [0, 0.1) is 0 Å². The SMILES string of the molecule is CCOc1cc([Si](C)c2cc(OCC)c(OC)cc2C2OCCO2)c(C2OCCO2)cc1OC. The largest absolute Gasteiger partial charge is 0.493 e. The van der Waals surface area contributed by atoms with Gasteiger partial charge in [0, 0.05) is 11.1 Å². The van der Waals surface area contributed by atoms with Crippen molar-refractivity contribution in [1.82, 2.24) is 0 Å². The van der Waals surface area contributed by atoms with Gasteiger partial charge in [-0.05, 0) is 48.5 Å². The van der Waals surface area contributed by atoms with Crippen LogP contribution in [-0.2, 0) is 18.9 Å². The molecule has 2 aliphatic rings. The molecule has 0 unspecified atom stereocenters. The third-order valence-electron chi connectivity index (χ3n) is 5.83. The van der Waals surface area contributed by atoms with Crippen molar-refractivity contribution >= 4 is 19.2 Å². The molecular weight excluding hydrogens is 456 g/mol. The first-order valence-corrected chi connectivity index (χ1v) is 13.6. The molecule has 2 saturated heterocycles. The second-order valence-corrected chi connectivity index (χ2v) is 10.1. The van der Waals surface area contributed by atoms with E-state index in [2.05, 4.69) is 18.7 Å². The van der Waals surface area contributed by atoms with Gasteiger partial charge >= 0.3 is 0 Å². The first kappa shape index (κ1) is 24.8. The number of ether oxygens (including phenoxy) is 8. The summed E-state index contributed by atoms with van der Waals surface area (Å²) in [5.74, 6) is 2.70. The molecule has 0 saturated carbocycles. The van der Waals surface area contributed by atoms with Crippen molar-refractivity contribution in [2.75, 3.05) is 53.9 Å². The van der Waals surface area contributed by atoms with E-state index >= 15 is 0 Å². The van der Waals surface area contributed by atoms with Crippen molar-refractivity contribution in [2.24, 2.45) is 0 Å². The van der Waals surface area contributed by atoms with Gasteiger partial charge < -0.3 is 37.9 Å². The van der Waals surface area contributed by atoms with E-state index in [9.17, 15) is 0 Å². The van der Waals surface area contributed by atoms with E-state index in [4.69, 9.17) is 37.9 Å². The molecule has 185 valence electrons. The van der Waals surface area contributed by atoms with E-state index in [1.807, 2.05) is 26.0 Å². The number of methoxy groups -OCH3 is 2. The van der Waals surface area contributed by atoms with Gasteiger partial charge in [-0.15, -0.1) is 0 Å². The monoisotopic (exact) mass is 489 g/mol. The fraction of sp³-hybridized carbons (Fsp3) is 0.520. The van der Waals surface area contributed by atoms with Crippen molar-refractivity contribution in [2.45, 2.75) is 33.0 Å². The Bertz CT molecular complexity index is 892. The molecule has 9 heteroatoms. The normalized spacial score (nSPS) is 16.9. The number of rotatable bonds is 10. The molecule has 2 heterocycles. The molecule has 0 spiro atoms. The Balaban J connectivity index is 1.87. The second-order valence-electron chi connectivity index (χ2n) is 7.82. The Hall–Kier alpha value is -2.30. The van der Waals surface area contributed by atoms with Gasteiger partial charge in [0.1, 0.15) is 8.80 Å². The molecule has 8 nitrogen and oxygen atoms in total. The molecule has 2 aromatic carbocycles. The number of hydrogen-bond donors (Lipinski definition) is 0. The molecule has 0 N–H and O–H groups in total. The van der Waals surface area contributed by atoms with Crippen LogP contribution < -0.4 is 29.3 Å². The zero-order chi connectivity index (χ0) is 24.1. The minimum atomic E-state index is -1.40. The van der Waals surface area contributed by atoms with Crippen LogP contribution in [0.15, 0.2) is 24.3 Å². The van der Waals surface area contributed by atoms with E-state index in [1.165, 1.54) is 0 Å². The molecular formula is C25H33O8Si. The molecule has 0 amide bonds. The van der Waals surface area contributed by atoms with E-state index in [0.29, 0.717) is 62.6 Å². The predicted octanol–water partition coefficient (Wildman–Crippen LogP) is 2.83. The standard InChI is InChI=1S/C25H33O8Si/c1-6-28-20-14-22(16(12-18(20)26-3)24-30-8-9-31-24)34(5)23-15-21(29-7-2)19(27-4)13-17(23)25-32-10-11-33-25/h12-15,24-25H,6-11H2,1-5H3. The topological polar surface area (TPSA) is 73.8 Å². The van der Waals surface area contributed by atoms with Gasteiger partial charge in [-0.3, -0.25) is 0 Å². The highest BCUT2D eigenvalue weighted by Crippen LogP contribution is 2.35. The van der Waals surface area contributed by atoms with Crippen LogP contribution in [0.2, 0.25) is 6.55 Å². The summed E-state index contributed by atoms with van der Waals surface area (Å²) in [7, 11) is 1.88. The first-order valence-electron chi connectivity index (χ1n) is 11.6. The smallest absolute Gasteiger partial charge is 0.184 e. The molecule has 0 aliphatic carbocycles. The zero-order valence-electron chi connectivity index (χ0n) is 20.5. The van der Waals surface area contributed by atoms with Gasteiger partial charge in [-0.25, -0.2) is 0 Å². The molecule has 2 aromatic rings. The maximum absolute atomic E-state index is 5.92. The van der Waals surface area contributed by atoms with Gasteiger partial charge in [0.2, 0.25) is 0 Å². The lowest BCUT2D eigenvalue weighted by molar-refractivity contribution is -0.0435. The van der Waals surface area contributed by atoms with Crippen molar-refractivity contribution in [1.29, 1.82) is 0 Å². The quantitative estimate of drug-likeness (QED) is 0.472. The van der Waals surface area contributed by atoms with Crippen LogP contribution in [0.25, 0.3) is 0 Å². The van der Waals surface area contributed by atoms with Crippen LogP contribution in [0.3, 0.4) is 0 Å². The molecule has 4 rings (SSSR count). The van der Waals surface area contributed by atoms with Crippen LogP contribution >= 0.6 is 0 Å². The van der Waals surface area contributed by atoms with Crippen molar-refractivity contribution in [3.05, 3.63) is 35.4 Å². The van der Waals surface area contributed by atoms with Gasteiger partial charge in [0.25, 0.3) is 0 Å². The lowest BCUT2D eigenvalue weighted by Gasteiger charge is -2.25. The molecule has 0 bridgehead atoms. The van der Waals surface area contributed by atoms with E-state index < -0.39 is 21.4 Å². The highest BCUT2D eigenvalue weighted by atomic mass is 28.3. The maximum Gasteiger partial charge on any atom is 0.184 e. The summed E-state index contributed by atoms with van der Waals surface area (Å²) in [4.78, 5) is 0. The van der Waals surface area contributed by atoms with Gasteiger partial charge in [-0.1, -0.05) is 6.55 Å². The Morgan fingerprint density at radius 2 is 1.06 bits per heavy atom. The minimum Gasteiger partial charge on any atom is -0.493 e. The Kier molecular flexibility index (Phi) is 8.33.